The van der Waals surface area contributed by atoms with Crippen molar-refractivity contribution < 1.29 is 4.79 Å². The summed E-state index contributed by atoms with van der Waals surface area (Å²) in [5.74, 6) is 0. The van der Waals surface area contributed by atoms with Crippen LogP contribution in [0.25, 0.3) is 0 Å². The van der Waals surface area contributed by atoms with E-state index in [0.29, 0.717) is 13.0 Å². The van der Waals surface area contributed by atoms with E-state index in [9.17, 15) is 4.79 Å². The zero-order valence-electron chi connectivity index (χ0n) is 13.4. The Labute approximate surface area is 130 Å². The number of carbonyl (C=O) groups is 1. The van der Waals surface area contributed by atoms with Gasteiger partial charge in [-0.3, -0.25) is 9.67 Å². The summed E-state index contributed by atoms with van der Waals surface area (Å²) < 4.78 is 1.93. The summed E-state index contributed by atoms with van der Waals surface area (Å²) in [5, 5.41) is 10.2. The van der Waals surface area contributed by atoms with Gasteiger partial charge < -0.3 is 10.6 Å². The van der Waals surface area contributed by atoms with E-state index in [1.807, 2.05) is 36.7 Å². The Hall–Kier alpha value is -2.37. The molecule has 0 aliphatic heterocycles. The zero-order valence-corrected chi connectivity index (χ0v) is 13.4. The predicted molar refractivity (Wildman–Crippen MR) is 87.0 cm³/mol. The zero-order chi connectivity index (χ0) is 15.9. The van der Waals surface area contributed by atoms with E-state index in [1.165, 1.54) is 0 Å². The number of aromatic nitrogens is 3. The Morgan fingerprint density at radius 3 is 2.82 bits per heavy atom. The van der Waals surface area contributed by atoms with Gasteiger partial charge in [-0.05, 0) is 32.4 Å². The second-order valence-corrected chi connectivity index (χ2v) is 5.22. The molecule has 2 amide bonds. The number of carbonyl (C=O) groups excluding carboxylic acids is 1. The number of urea groups is 1. The average Bonchev–Trinajstić information content (AvgIpc) is 2.76. The molecule has 0 aliphatic carbocycles. The van der Waals surface area contributed by atoms with Crippen LogP contribution < -0.4 is 10.6 Å². The molecule has 2 rings (SSSR count). The number of nitrogens with zero attached hydrogens (tertiary/aromatic N) is 3. The molecule has 0 fully saturated rings. The van der Waals surface area contributed by atoms with Gasteiger partial charge in [0.05, 0.1) is 17.1 Å². The van der Waals surface area contributed by atoms with E-state index in [0.717, 1.165) is 35.7 Å². The van der Waals surface area contributed by atoms with Crippen LogP contribution in [0.4, 0.5) is 10.5 Å². The topological polar surface area (TPSA) is 71.8 Å². The summed E-state index contributed by atoms with van der Waals surface area (Å²) in [6.07, 6.45) is 3.48. The first-order valence-corrected chi connectivity index (χ1v) is 7.60. The summed E-state index contributed by atoms with van der Waals surface area (Å²) in [5.41, 5.74) is 3.58. The normalized spacial score (nSPS) is 10.5. The van der Waals surface area contributed by atoms with Crippen molar-refractivity contribution in [2.24, 2.45) is 0 Å². The highest BCUT2D eigenvalue weighted by atomic mass is 16.2. The van der Waals surface area contributed by atoms with Crippen molar-refractivity contribution in [1.82, 2.24) is 20.1 Å². The fraction of sp³-hybridized carbons (Fsp3) is 0.438. The van der Waals surface area contributed by atoms with E-state index in [4.69, 9.17) is 0 Å². The lowest BCUT2D eigenvalue weighted by Crippen LogP contribution is -2.31. The maximum Gasteiger partial charge on any atom is 0.319 e. The standard InChI is InChI=1S/C16H23N5O/c1-4-11-21-13(3)15(12(2)20-21)19-16(22)18-10-8-14-7-5-6-9-17-14/h5-7,9H,4,8,10-11H2,1-3H3,(H2,18,19,22). The lowest BCUT2D eigenvalue weighted by Gasteiger charge is -2.08. The average molecular weight is 301 g/mol. The van der Waals surface area contributed by atoms with E-state index < -0.39 is 0 Å². The maximum atomic E-state index is 12.0. The predicted octanol–water partition coefficient (Wildman–Crippen LogP) is 2.67. The van der Waals surface area contributed by atoms with Crippen molar-refractivity contribution in [3.05, 3.63) is 41.5 Å². The monoisotopic (exact) mass is 301 g/mol. The van der Waals surface area contributed by atoms with Gasteiger partial charge in [-0.2, -0.15) is 5.10 Å². The minimum atomic E-state index is -0.210. The van der Waals surface area contributed by atoms with Gasteiger partial charge in [-0.25, -0.2) is 4.79 Å². The SMILES string of the molecule is CCCn1nc(C)c(NC(=O)NCCc2ccccn2)c1C. The molecule has 0 saturated heterocycles. The second kappa shape index (κ2) is 7.59. The van der Waals surface area contributed by atoms with Crippen molar-refractivity contribution in [1.29, 1.82) is 0 Å². The van der Waals surface area contributed by atoms with Crippen LogP contribution in [0, 0.1) is 13.8 Å². The first-order chi connectivity index (χ1) is 10.6. The van der Waals surface area contributed by atoms with Crippen LogP contribution >= 0.6 is 0 Å². The Balaban J connectivity index is 1.87. The highest BCUT2D eigenvalue weighted by molar-refractivity contribution is 5.90. The molecule has 0 aliphatic rings. The number of rotatable bonds is 6. The molecule has 0 bridgehead atoms. The van der Waals surface area contributed by atoms with Gasteiger partial charge in [-0.15, -0.1) is 0 Å². The minimum absolute atomic E-state index is 0.210. The summed E-state index contributed by atoms with van der Waals surface area (Å²) >= 11 is 0. The number of nitrogens with one attached hydrogen (secondary N) is 2. The molecule has 0 saturated carbocycles. The van der Waals surface area contributed by atoms with Crippen LogP contribution in [0.2, 0.25) is 0 Å². The highest BCUT2D eigenvalue weighted by Crippen LogP contribution is 2.19. The van der Waals surface area contributed by atoms with Crippen molar-refractivity contribution in [3.8, 4) is 0 Å². The minimum Gasteiger partial charge on any atom is -0.337 e. The number of amides is 2. The van der Waals surface area contributed by atoms with Crippen molar-refractivity contribution in [3.63, 3.8) is 0 Å². The number of hydrogen-bond donors (Lipinski definition) is 2. The van der Waals surface area contributed by atoms with Gasteiger partial charge in [0.2, 0.25) is 0 Å². The highest BCUT2D eigenvalue weighted by Gasteiger charge is 2.13. The number of pyridine rings is 1. The summed E-state index contributed by atoms with van der Waals surface area (Å²) in [6, 6.07) is 5.56. The number of aryl methyl sites for hydroxylation is 2. The molecule has 0 atom stereocenters. The molecular weight excluding hydrogens is 278 g/mol. The van der Waals surface area contributed by atoms with Gasteiger partial charge in [0.25, 0.3) is 0 Å². The smallest absolute Gasteiger partial charge is 0.319 e. The van der Waals surface area contributed by atoms with Crippen LogP contribution in [0.5, 0.6) is 0 Å². The lowest BCUT2D eigenvalue weighted by molar-refractivity contribution is 0.252. The van der Waals surface area contributed by atoms with Crippen molar-refractivity contribution >= 4 is 11.7 Å². The van der Waals surface area contributed by atoms with E-state index in [1.54, 1.807) is 6.20 Å². The molecule has 0 spiro atoms. The van der Waals surface area contributed by atoms with Gasteiger partial charge >= 0.3 is 6.03 Å². The van der Waals surface area contributed by atoms with Gasteiger partial charge in [0.15, 0.2) is 0 Å². The molecule has 0 radical (unpaired) electrons. The van der Waals surface area contributed by atoms with Gasteiger partial charge in [0, 0.05) is 31.4 Å². The Morgan fingerprint density at radius 2 is 2.14 bits per heavy atom. The van der Waals surface area contributed by atoms with Crippen LogP contribution in [0.1, 0.15) is 30.4 Å². The fourth-order valence-electron chi connectivity index (χ4n) is 2.32. The fourth-order valence-corrected chi connectivity index (χ4v) is 2.32. The summed E-state index contributed by atoms with van der Waals surface area (Å²) in [4.78, 5) is 16.2. The van der Waals surface area contributed by atoms with Crippen LogP contribution in [0.3, 0.4) is 0 Å². The number of hydrogen-bond acceptors (Lipinski definition) is 3. The molecule has 2 aromatic rings. The first kappa shape index (κ1) is 16.0. The quantitative estimate of drug-likeness (QED) is 0.861. The van der Waals surface area contributed by atoms with Crippen molar-refractivity contribution in [2.45, 2.75) is 40.2 Å². The molecule has 6 heteroatoms. The number of anilines is 1. The molecule has 22 heavy (non-hydrogen) atoms. The first-order valence-electron chi connectivity index (χ1n) is 7.60. The van der Waals surface area contributed by atoms with E-state index in [-0.39, 0.29) is 6.03 Å². The maximum absolute atomic E-state index is 12.0. The van der Waals surface area contributed by atoms with Crippen molar-refractivity contribution in [2.75, 3.05) is 11.9 Å². The Kier molecular flexibility index (Phi) is 5.52. The largest absolute Gasteiger partial charge is 0.337 e. The lowest BCUT2D eigenvalue weighted by atomic mass is 10.3. The third kappa shape index (κ3) is 4.07. The van der Waals surface area contributed by atoms with Gasteiger partial charge in [-0.1, -0.05) is 13.0 Å². The summed E-state index contributed by atoms with van der Waals surface area (Å²) in [6.45, 7) is 7.38. The molecular formula is C16H23N5O. The molecule has 2 aromatic heterocycles. The van der Waals surface area contributed by atoms with Crippen LogP contribution in [-0.4, -0.2) is 27.3 Å². The van der Waals surface area contributed by atoms with Gasteiger partial charge in [0.1, 0.15) is 0 Å². The molecule has 118 valence electrons. The molecule has 0 unspecified atom stereocenters. The Bertz CT molecular complexity index is 621. The molecule has 2 N–H and O–H groups in total. The molecule has 6 nitrogen and oxygen atoms in total. The third-order valence-electron chi connectivity index (χ3n) is 3.45. The third-order valence-corrected chi connectivity index (χ3v) is 3.45. The Morgan fingerprint density at radius 1 is 1.32 bits per heavy atom. The van der Waals surface area contributed by atoms with E-state index >= 15 is 0 Å². The molecule has 2 heterocycles. The molecule has 0 aromatic carbocycles. The second-order valence-electron chi connectivity index (χ2n) is 5.22. The van der Waals surface area contributed by atoms with E-state index in [2.05, 4.69) is 27.6 Å². The van der Waals surface area contributed by atoms with Crippen LogP contribution in [0.15, 0.2) is 24.4 Å². The summed E-state index contributed by atoms with van der Waals surface area (Å²) in [7, 11) is 0. The van der Waals surface area contributed by atoms with Crippen LogP contribution in [-0.2, 0) is 13.0 Å².